The van der Waals surface area contributed by atoms with Crippen LogP contribution in [0.25, 0.3) is 0 Å². The minimum Gasteiger partial charge on any atom is -0.490 e. The van der Waals surface area contributed by atoms with Crippen molar-refractivity contribution >= 4 is 44.6 Å². The van der Waals surface area contributed by atoms with Gasteiger partial charge in [0.15, 0.2) is 5.11 Å². The van der Waals surface area contributed by atoms with Gasteiger partial charge in [-0.1, -0.05) is 48.5 Å². The Morgan fingerprint density at radius 1 is 0.795 bits per heavy atom. The van der Waals surface area contributed by atoms with Crippen molar-refractivity contribution in [3.63, 3.8) is 0 Å². The lowest BCUT2D eigenvalue weighted by molar-refractivity contribution is 0.0972. The highest BCUT2D eigenvalue weighted by molar-refractivity contribution is 7.92. The van der Waals surface area contributed by atoms with Gasteiger partial charge in [0, 0.05) is 12.7 Å². The molecule has 0 aliphatic rings. The number of hydrogen-bond acceptors (Lipinski definition) is 6. The second-order valence-electron chi connectivity index (χ2n) is 8.25. The smallest absolute Gasteiger partial charge is 0.264 e. The van der Waals surface area contributed by atoms with E-state index in [1.54, 1.807) is 60.7 Å². The summed E-state index contributed by atoms with van der Waals surface area (Å²) in [5, 5.41) is 5.59. The maximum Gasteiger partial charge on any atom is 0.264 e. The summed E-state index contributed by atoms with van der Waals surface area (Å²) in [6.45, 7) is 0.559. The fourth-order valence-electron chi connectivity index (χ4n) is 3.59. The molecule has 4 rings (SSSR count). The Bertz CT molecular complexity index is 1510. The summed E-state index contributed by atoms with van der Waals surface area (Å²) in [5.74, 6) is 0.680. The third-order valence-corrected chi connectivity index (χ3v) is 7.61. The minimum absolute atomic E-state index is 0.0548. The zero-order valence-corrected chi connectivity index (χ0v) is 22.7. The SMILES string of the molecule is CN(c1ccccc1)S(=O)(=O)c1ccc(NC(=S)NC(=O)c2ccccc2OCCOc2ccccc2)cc1. The normalized spacial score (nSPS) is 10.8. The van der Waals surface area contributed by atoms with Crippen molar-refractivity contribution in [1.82, 2.24) is 5.32 Å². The molecule has 0 bridgehead atoms. The van der Waals surface area contributed by atoms with Gasteiger partial charge in [-0.3, -0.25) is 14.4 Å². The molecule has 0 unspecified atom stereocenters. The van der Waals surface area contributed by atoms with E-state index in [-0.39, 0.29) is 16.6 Å². The molecule has 0 saturated heterocycles. The van der Waals surface area contributed by atoms with Crippen molar-refractivity contribution in [1.29, 1.82) is 0 Å². The van der Waals surface area contributed by atoms with Gasteiger partial charge in [-0.05, 0) is 72.9 Å². The van der Waals surface area contributed by atoms with E-state index in [1.807, 2.05) is 36.4 Å². The van der Waals surface area contributed by atoms with E-state index in [1.165, 1.54) is 23.5 Å². The van der Waals surface area contributed by atoms with Crippen LogP contribution in [0.3, 0.4) is 0 Å². The summed E-state index contributed by atoms with van der Waals surface area (Å²) < 4.78 is 38.5. The maximum absolute atomic E-state index is 13.0. The third-order valence-electron chi connectivity index (χ3n) is 5.60. The first kappa shape index (κ1) is 27.6. The first-order valence-corrected chi connectivity index (χ1v) is 13.9. The second kappa shape index (κ2) is 12.9. The summed E-state index contributed by atoms with van der Waals surface area (Å²) in [5.41, 5.74) is 1.38. The number of amides is 1. The fourth-order valence-corrected chi connectivity index (χ4v) is 4.99. The van der Waals surface area contributed by atoms with Crippen molar-refractivity contribution in [3.05, 3.63) is 115 Å². The number of thiocarbonyl (C=S) groups is 1. The number of nitrogens with one attached hydrogen (secondary N) is 2. The Labute approximate surface area is 233 Å². The van der Waals surface area contributed by atoms with Crippen LogP contribution in [0.5, 0.6) is 11.5 Å². The molecule has 0 atom stereocenters. The zero-order valence-electron chi connectivity index (χ0n) is 21.1. The molecular weight excluding hydrogens is 534 g/mol. The summed E-state index contributed by atoms with van der Waals surface area (Å²) >= 11 is 5.30. The first-order valence-electron chi connectivity index (χ1n) is 12.0. The highest BCUT2D eigenvalue weighted by Gasteiger charge is 2.21. The van der Waals surface area contributed by atoms with Gasteiger partial charge in [0.2, 0.25) is 0 Å². The van der Waals surface area contributed by atoms with Crippen LogP contribution in [-0.4, -0.2) is 39.7 Å². The Kier molecular flexibility index (Phi) is 9.14. The maximum atomic E-state index is 13.0. The third kappa shape index (κ3) is 7.34. The summed E-state index contributed by atoms with van der Waals surface area (Å²) in [6, 6.07) is 31.1. The number of rotatable bonds is 10. The molecule has 1 amide bonds. The predicted molar refractivity (Wildman–Crippen MR) is 156 cm³/mol. The van der Waals surface area contributed by atoms with Crippen LogP contribution < -0.4 is 24.4 Å². The van der Waals surface area contributed by atoms with Crippen LogP contribution in [0.4, 0.5) is 11.4 Å². The number of hydrogen-bond donors (Lipinski definition) is 2. The van der Waals surface area contributed by atoms with Crippen LogP contribution in [0.2, 0.25) is 0 Å². The van der Waals surface area contributed by atoms with Crippen molar-refractivity contribution in [2.45, 2.75) is 4.90 Å². The van der Waals surface area contributed by atoms with E-state index in [0.29, 0.717) is 29.3 Å². The molecule has 0 aliphatic carbocycles. The summed E-state index contributed by atoms with van der Waals surface area (Å²) in [6.07, 6.45) is 0. The number of carbonyl (C=O) groups excluding carboxylic acids is 1. The fraction of sp³-hybridized carbons (Fsp3) is 0.103. The lowest BCUT2D eigenvalue weighted by Crippen LogP contribution is -2.34. The minimum atomic E-state index is -3.74. The Morgan fingerprint density at radius 3 is 2.08 bits per heavy atom. The van der Waals surface area contributed by atoms with Gasteiger partial charge >= 0.3 is 0 Å². The van der Waals surface area contributed by atoms with Gasteiger partial charge in [-0.2, -0.15) is 0 Å². The van der Waals surface area contributed by atoms with E-state index in [2.05, 4.69) is 10.6 Å². The van der Waals surface area contributed by atoms with Crippen molar-refractivity contribution in [2.75, 3.05) is 29.9 Å². The van der Waals surface area contributed by atoms with Crippen molar-refractivity contribution < 1.29 is 22.7 Å². The van der Waals surface area contributed by atoms with E-state index < -0.39 is 15.9 Å². The molecule has 0 spiro atoms. The first-order chi connectivity index (χ1) is 18.8. The van der Waals surface area contributed by atoms with Crippen LogP contribution in [-0.2, 0) is 10.0 Å². The largest absolute Gasteiger partial charge is 0.490 e. The highest BCUT2D eigenvalue weighted by atomic mass is 32.2. The molecule has 0 radical (unpaired) electrons. The quantitative estimate of drug-likeness (QED) is 0.206. The number of ether oxygens (including phenoxy) is 2. The number of nitrogens with zero attached hydrogens (tertiary/aromatic N) is 1. The molecule has 0 fully saturated rings. The van der Waals surface area contributed by atoms with E-state index in [0.717, 1.165) is 5.75 Å². The Hall–Kier alpha value is -4.41. The molecule has 0 saturated carbocycles. The van der Waals surface area contributed by atoms with Gasteiger partial charge in [-0.15, -0.1) is 0 Å². The molecule has 39 heavy (non-hydrogen) atoms. The number of para-hydroxylation sites is 3. The molecule has 200 valence electrons. The van der Waals surface area contributed by atoms with E-state index in [4.69, 9.17) is 21.7 Å². The van der Waals surface area contributed by atoms with Gasteiger partial charge in [0.05, 0.1) is 16.1 Å². The zero-order chi connectivity index (χ0) is 27.7. The van der Waals surface area contributed by atoms with Crippen LogP contribution in [0.1, 0.15) is 10.4 Å². The molecule has 10 heteroatoms. The average Bonchev–Trinajstić information content (AvgIpc) is 2.96. The molecule has 2 N–H and O–H groups in total. The summed E-state index contributed by atoms with van der Waals surface area (Å²) in [7, 11) is -2.24. The lowest BCUT2D eigenvalue weighted by Gasteiger charge is -2.19. The predicted octanol–water partition coefficient (Wildman–Crippen LogP) is 5.10. The monoisotopic (exact) mass is 561 g/mol. The molecular formula is C29H27N3O5S2. The van der Waals surface area contributed by atoms with Crippen molar-refractivity contribution in [3.8, 4) is 11.5 Å². The van der Waals surface area contributed by atoms with Gasteiger partial charge in [-0.25, -0.2) is 8.42 Å². The highest BCUT2D eigenvalue weighted by Crippen LogP contribution is 2.23. The van der Waals surface area contributed by atoms with Gasteiger partial charge in [0.1, 0.15) is 24.7 Å². The number of sulfonamides is 1. The standard InChI is InChI=1S/C29H27N3O5S2/c1-32(23-10-4-2-5-11-23)39(34,35)25-18-16-22(17-19-25)30-29(38)31-28(33)26-14-8-9-15-27(26)37-21-20-36-24-12-6-3-7-13-24/h2-19H,20-21H2,1H3,(H2,30,31,33,38). The molecule has 0 heterocycles. The lowest BCUT2D eigenvalue weighted by atomic mass is 10.2. The number of benzene rings is 4. The number of anilines is 2. The average molecular weight is 562 g/mol. The molecule has 0 aromatic heterocycles. The number of carbonyl (C=O) groups is 1. The molecule has 4 aromatic carbocycles. The molecule has 4 aromatic rings. The van der Waals surface area contributed by atoms with Gasteiger partial charge < -0.3 is 14.8 Å². The van der Waals surface area contributed by atoms with Crippen LogP contribution in [0, 0.1) is 0 Å². The Morgan fingerprint density at radius 2 is 1.38 bits per heavy atom. The van der Waals surface area contributed by atoms with Crippen molar-refractivity contribution in [2.24, 2.45) is 0 Å². The van der Waals surface area contributed by atoms with Crippen LogP contribution in [0.15, 0.2) is 114 Å². The molecule has 0 aliphatic heterocycles. The van der Waals surface area contributed by atoms with Gasteiger partial charge in [0.25, 0.3) is 15.9 Å². The van der Waals surface area contributed by atoms with E-state index in [9.17, 15) is 13.2 Å². The molecule has 8 nitrogen and oxygen atoms in total. The van der Waals surface area contributed by atoms with E-state index >= 15 is 0 Å². The summed E-state index contributed by atoms with van der Waals surface area (Å²) in [4.78, 5) is 13.0. The Balaban J connectivity index is 1.32. The topological polar surface area (TPSA) is 97.0 Å². The van der Waals surface area contributed by atoms with Crippen LogP contribution >= 0.6 is 12.2 Å². The second-order valence-corrected chi connectivity index (χ2v) is 10.6.